The van der Waals surface area contributed by atoms with Crippen LogP contribution in [0.4, 0.5) is 0 Å². The molecule has 8 nitrogen and oxygen atoms in total. The zero-order valence-electron chi connectivity index (χ0n) is 17.6. The van der Waals surface area contributed by atoms with Crippen molar-refractivity contribution in [2.45, 2.75) is 6.54 Å². The van der Waals surface area contributed by atoms with Gasteiger partial charge in [0.2, 0.25) is 0 Å². The number of rotatable bonds is 5. The molecule has 0 saturated carbocycles. The molecule has 174 valence electrons. The Bertz CT molecular complexity index is 1640. The first-order valence-corrected chi connectivity index (χ1v) is 12.6. The molecule has 0 unspecified atom stereocenters. The van der Waals surface area contributed by atoms with E-state index in [0.717, 1.165) is 6.26 Å². The van der Waals surface area contributed by atoms with Crippen molar-refractivity contribution < 1.29 is 27.3 Å². The monoisotopic (exact) mass is 518 g/mol. The fourth-order valence-corrected chi connectivity index (χ4v) is 5.39. The average molecular weight is 519 g/mol. The molecule has 0 bridgehead atoms. The maximum absolute atomic E-state index is 13.0. The molecule has 1 aliphatic heterocycles. The number of aromatic hydroxyl groups is 1. The molecule has 34 heavy (non-hydrogen) atoms. The number of nitrogens with one attached hydrogen (secondary N) is 1. The van der Waals surface area contributed by atoms with Crippen LogP contribution in [0.15, 0.2) is 42.5 Å². The summed E-state index contributed by atoms with van der Waals surface area (Å²) >= 11 is 12.9. The van der Waals surface area contributed by atoms with Gasteiger partial charge < -0.3 is 9.67 Å². The van der Waals surface area contributed by atoms with E-state index in [1.807, 2.05) is 0 Å². The Morgan fingerprint density at radius 3 is 2.32 bits per heavy atom. The van der Waals surface area contributed by atoms with Gasteiger partial charge in [0, 0.05) is 44.0 Å². The summed E-state index contributed by atoms with van der Waals surface area (Å²) in [6.07, 6.45) is 0.956. The van der Waals surface area contributed by atoms with Crippen LogP contribution in [0.25, 0.3) is 32.9 Å². The third-order valence-electron chi connectivity index (χ3n) is 5.66. The molecule has 2 N–H and O–H groups in total. The van der Waals surface area contributed by atoms with Crippen LogP contribution < -0.4 is 5.32 Å². The van der Waals surface area contributed by atoms with Crippen LogP contribution in [0, 0.1) is 0 Å². The largest absolute Gasteiger partial charge is 0.508 e. The first-order chi connectivity index (χ1) is 16.1. The SMILES string of the molecule is CS(=O)(=O)OCCn1c2ccc(O)cc2c2c3c(c(-c4c(Cl)cccc4Cl)cc21)C(=O)NC3=O. The molecular formula is C23H16Cl2N2O6S. The molecule has 5 rings (SSSR count). The Labute approximate surface area is 203 Å². The minimum atomic E-state index is -3.68. The third kappa shape index (κ3) is 3.61. The number of halogens is 2. The number of phenols is 1. The van der Waals surface area contributed by atoms with Gasteiger partial charge in [-0.2, -0.15) is 8.42 Å². The van der Waals surface area contributed by atoms with E-state index in [1.165, 1.54) is 12.1 Å². The van der Waals surface area contributed by atoms with E-state index < -0.39 is 21.9 Å². The number of imide groups is 1. The molecule has 0 radical (unpaired) electrons. The van der Waals surface area contributed by atoms with Gasteiger partial charge in [-0.05, 0) is 36.4 Å². The van der Waals surface area contributed by atoms with Gasteiger partial charge in [0.25, 0.3) is 21.9 Å². The minimum Gasteiger partial charge on any atom is -0.508 e. The molecule has 4 aromatic rings. The maximum Gasteiger partial charge on any atom is 0.264 e. The van der Waals surface area contributed by atoms with E-state index in [-0.39, 0.29) is 30.0 Å². The van der Waals surface area contributed by atoms with E-state index in [4.69, 9.17) is 27.4 Å². The average Bonchev–Trinajstić information content (AvgIpc) is 3.20. The second-order valence-electron chi connectivity index (χ2n) is 7.83. The Morgan fingerprint density at radius 1 is 0.971 bits per heavy atom. The zero-order valence-corrected chi connectivity index (χ0v) is 19.9. The number of hydrogen-bond acceptors (Lipinski definition) is 6. The van der Waals surface area contributed by atoms with Gasteiger partial charge in [-0.25, -0.2) is 0 Å². The number of aromatic nitrogens is 1. The molecule has 0 fully saturated rings. The quantitative estimate of drug-likeness (QED) is 0.300. The van der Waals surface area contributed by atoms with Crippen molar-refractivity contribution in [2.75, 3.05) is 12.9 Å². The summed E-state index contributed by atoms with van der Waals surface area (Å²) in [5, 5.41) is 14.0. The zero-order chi connectivity index (χ0) is 24.4. The highest BCUT2D eigenvalue weighted by molar-refractivity contribution is 7.85. The van der Waals surface area contributed by atoms with Gasteiger partial charge in [-0.1, -0.05) is 29.3 Å². The number of benzene rings is 3. The van der Waals surface area contributed by atoms with Crippen LogP contribution in [0.2, 0.25) is 10.0 Å². The normalized spacial score (nSPS) is 13.6. The second-order valence-corrected chi connectivity index (χ2v) is 10.3. The number of carbonyl (C=O) groups is 2. The number of carbonyl (C=O) groups excluding carboxylic acids is 2. The lowest BCUT2D eigenvalue weighted by molar-refractivity contribution is 0.0880. The summed E-state index contributed by atoms with van der Waals surface area (Å²) in [5.41, 5.74) is 2.14. The molecule has 0 atom stereocenters. The first-order valence-electron chi connectivity index (χ1n) is 10.0. The number of fused-ring (bicyclic) bond motifs is 5. The van der Waals surface area contributed by atoms with Crippen molar-refractivity contribution in [3.05, 3.63) is 63.6 Å². The van der Waals surface area contributed by atoms with Gasteiger partial charge in [-0.3, -0.25) is 19.1 Å². The van der Waals surface area contributed by atoms with Crippen molar-refractivity contribution in [2.24, 2.45) is 0 Å². The van der Waals surface area contributed by atoms with Crippen LogP contribution in [0.5, 0.6) is 5.75 Å². The van der Waals surface area contributed by atoms with Crippen molar-refractivity contribution >= 4 is 66.9 Å². The summed E-state index contributed by atoms with van der Waals surface area (Å²) < 4.78 is 29.7. The van der Waals surface area contributed by atoms with Crippen LogP contribution >= 0.6 is 23.2 Å². The molecule has 1 aromatic heterocycles. The summed E-state index contributed by atoms with van der Waals surface area (Å²) in [7, 11) is -3.68. The lowest BCUT2D eigenvalue weighted by atomic mass is 9.92. The Balaban J connectivity index is 1.90. The molecule has 0 aliphatic carbocycles. The predicted octanol–water partition coefficient (Wildman–Crippen LogP) is 4.33. The molecule has 0 saturated heterocycles. The second kappa shape index (κ2) is 7.99. The van der Waals surface area contributed by atoms with Gasteiger partial charge in [-0.15, -0.1) is 0 Å². The standard InChI is InChI=1S/C23H16Cl2N2O6S/c1-34(31,32)33-8-7-27-16-6-5-11(28)9-12(16)19-17(27)10-13(18-14(24)3-2-4-15(18)25)20-21(19)23(30)26-22(20)29/h2-6,9-10,28H,7-8H2,1H3,(H,26,29,30). The molecule has 1 aliphatic rings. The summed E-state index contributed by atoms with van der Waals surface area (Å²) in [4.78, 5) is 25.8. The highest BCUT2D eigenvalue weighted by Gasteiger charge is 2.35. The van der Waals surface area contributed by atoms with Gasteiger partial charge in [0.1, 0.15) is 5.75 Å². The van der Waals surface area contributed by atoms with Gasteiger partial charge in [0.05, 0.1) is 29.5 Å². The van der Waals surface area contributed by atoms with Crippen LogP contribution in [-0.4, -0.2) is 42.8 Å². The summed E-state index contributed by atoms with van der Waals surface area (Å²) in [5.74, 6) is -1.21. The number of nitrogens with zero attached hydrogens (tertiary/aromatic N) is 1. The lowest BCUT2D eigenvalue weighted by Gasteiger charge is -2.13. The van der Waals surface area contributed by atoms with E-state index >= 15 is 0 Å². The number of phenolic OH excluding ortho intramolecular Hbond substituents is 1. The highest BCUT2D eigenvalue weighted by Crippen LogP contribution is 2.44. The van der Waals surface area contributed by atoms with Crippen LogP contribution in [0.3, 0.4) is 0 Å². The summed E-state index contributed by atoms with van der Waals surface area (Å²) in [6.45, 7) is -0.0507. The number of amides is 2. The molecular weight excluding hydrogens is 503 g/mol. The Morgan fingerprint density at radius 2 is 1.65 bits per heavy atom. The number of hydrogen-bond donors (Lipinski definition) is 2. The van der Waals surface area contributed by atoms with Crippen LogP contribution in [-0.2, 0) is 20.8 Å². The maximum atomic E-state index is 13.0. The molecule has 2 amide bonds. The lowest BCUT2D eigenvalue weighted by Crippen LogP contribution is -2.20. The van der Waals surface area contributed by atoms with Crippen molar-refractivity contribution in [1.29, 1.82) is 0 Å². The third-order valence-corrected chi connectivity index (χ3v) is 6.89. The predicted molar refractivity (Wildman–Crippen MR) is 129 cm³/mol. The van der Waals surface area contributed by atoms with E-state index in [9.17, 15) is 23.1 Å². The van der Waals surface area contributed by atoms with E-state index in [1.54, 1.807) is 34.9 Å². The summed E-state index contributed by atoms with van der Waals surface area (Å²) in [6, 6.07) is 11.2. The van der Waals surface area contributed by atoms with Crippen LogP contribution in [0.1, 0.15) is 20.7 Å². The molecule has 0 spiro atoms. The minimum absolute atomic E-state index is 0.0318. The molecule has 11 heteroatoms. The van der Waals surface area contributed by atoms with Gasteiger partial charge >= 0.3 is 0 Å². The van der Waals surface area contributed by atoms with Crippen molar-refractivity contribution in [3.8, 4) is 16.9 Å². The Kier molecular flexibility index (Phi) is 5.33. The van der Waals surface area contributed by atoms with Crippen molar-refractivity contribution in [1.82, 2.24) is 9.88 Å². The molecule has 3 aromatic carbocycles. The topological polar surface area (TPSA) is 115 Å². The fraction of sp³-hybridized carbons (Fsp3) is 0.130. The van der Waals surface area contributed by atoms with Gasteiger partial charge in [0.15, 0.2) is 0 Å². The molecule has 2 heterocycles. The first kappa shape index (κ1) is 22.7. The van der Waals surface area contributed by atoms with E-state index in [0.29, 0.717) is 43.0 Å². The smallest absolute Gasteiger partial charge is 0.264 e. The van der Waals surface area contributed by atoms with E-state index in [2.05, 4.69) is 5.32 Å². The fourth-order valence-electron chi connectivity index (χ4n) is 4.41. The van der Waals surface area contributed by atoms with Crippen molar-refractivity contribution in [3.63, 3.8) is 0 Å². The Hall–Kier alpha value is -3.11. The highest BCUT2D eigenvalue weighted by atomic mass is 35.5.